The van der Waals surface area contributed by atoms with Gasteiger partial charge in [-0.15, -0.1) is 0 Å². The van der Waals surface area contributed by atoms with Gasteiger partial charge in [0.05, 0.1) is 18.1 Å². The molecular weight excluding hydrogens is 314 g/mol. The van der Waals surface area contributed by atoms with E-state index in [1.807, 2.05) is 31.2 Å². The third-order valence-corrected chi connectivity index (χ3v) is 4.63. The number of sulfonamides is 1. The van der Waals surface area contributed by atoms with E-state index in [2.05, 4.69) is 4.72 Å². The van der Waals surface area contributed by atoms with Gasteiger partial charge in [0.25, 0.3) is 0 Å². The van der Waals surface area contributed by atoms with E-state index in [0.29, 0.717) is 19.0 Å². The normalized spacial score (nSPS) is 11.4. The molecule has 6 heteroatoms. The molecule has 0 spiro atoms. The minimum absolute atomic E-state index is 0.217. The summed E-state index contributed by atoms with van der Waals surface area (Å²) in [5, 5.41) is 0. The zero-order valence-electron chi connectivity index (χ0n) is 13.3. The number of benzene rings is 2. The molecular formula is C17H21NO4S. The van der Waals surface area contributed by atoms with Crippen molar-refractivity contribution in [2.75, 3.05) is 13.7 Å². The van der Waals surface area contributed by atoms with Gasteiger partial charge in [0.15, 0.2) is 0 Å². The van der Waals surface area contributed by atoms with E-state index in [1.54, 1.807) is 19.2 Å². The maximum Gasteiger partial charge on any atom is 0.240 e. The molecule has 0 aliphatic heterocycles. The lowest BCUT2D eigenvalue weighted by Crippen LogP contribution is -2.23. The van der Waals surface area contributed by atoms with E-state index in [4.69, 9.17) is 9.47 Å². The van der Waals surface area contributed by atoms with E-state index in [-0.39, 0.29) is 11.4 Å². The first-order valence-electron chi connectivity index (χ1n) is 7.34. The average Bonchev–Trinajstić information content (AvgIpc) is 2.55. The molecule has 0 fully saturated rings. The average molecular weight is 335 g/mol. The van der Waals surface area contributed by atoms with E-state index in [0.717, 1.165) is 11.1 Å². The fraction of sp³-hybridized carbons (Fsp3) is 0.294. The largest absolute Gasteiger partial charge is 0.494 e. The van der Waals surface area contributed by atoms with Crippen LogP contribution in [0, 0.1) is 0 Å². The Kier molecular flexibility index (Phi) is 6.15. The second-order valence-electron chi connectivity index (χ2n) is 4.98. The number of methoxy groups -OCH3 is 1. The SMILES string of the molecule is CCOc1ccc(S(=O)(=O)NCc2cccc(COC)c2)cc1. The molecule has 0 bridgehead atoms. The van der Waals surface area contributed by atoms with Crippen molar-refractivity contribution >= 4 is 10.0 Å². The second kappa shape index (κ2) is 8.10. The second-order valence-corrected chi connectivity index (χ2v) is 6.75. The number of ether oxygens (including phenoxy) is 2. The van der Waals surface area contributed by atoms with Crippen molar-refractivity contribution in [1.82, 2.24) is 4.72 Å². The number of rotatable bonds is 8. The number of hydrogen-bond donors (Lipinski definition) is 1. The van der Waals surface area contributed by atoms with Gasteiger partial charge in [-0.1, -0.05) is 24.3 Å². The van der Waals surface area contributed by atoms with Gasteiger partial charge in [0.1, 0.15) is 5.75 Å². The maximum atomic E-state index is 12.3. The van der Waals surface area contributed by atoms with Gasteiger partial charge in [-0.2, -0.15) is 0 Å². The molecule has 0 unspecified atom stereocenters. The van der Waals surface area contributed by atoms with Gasteiger partial charge in [-0.25, -0.2) is 13.1 Å². The van der Waals surface area contributed by atoms with E-state index in [9.17, 15) is 8.42 Å². The van der Waals surface area contributed by atoms with Crippen LogP contribution in [0.1, 0.15) is 18.1 Å². The fourth-order valence-electron chi connectivity index (χ4n) is 2.14. The van der Waals surface area contributed by atoms with Crippen LogP contribution >= 0.6 is 0 Å². The van der Waals surface area contributed by atoms with Crippen LogP contribution in [0.25, 0.3) is 0 Å². The maximum absolute atomic E-state index is 12.3. The van der Waals surface area contributed by atoms with Crippen molar-refractivity contribution in [3.05, 3.63) is 59.7 Å². The smallest absolute Gasteiger partial charge is 0.240 e. The van der Waals surface area contributed by atoms with E-state index >= 15 is 0 Å². The topological polar surface area (TPSA) is 64.6 Å². The highest BCUT2D eigenvalue weighted by Gasteiger charge is 2.13. The van der Waals surface area contributed by atoms with Gasteiger partial charge in [0.2, 0.25) is 10.0 Å². The summed E-state index contributed by atoms with van der Waals surface area (Å²) >= 11 is 0. The summed E-state index contributed by atoms with van der Waals surface area (Å²) in [7, 11) is -1.93. The summed E-state index contributed by atoms with van der Waals surface area (Å²) in [6, 6.07) is 14.0. The molecule has 0 aromatic heterocycles. The minimum Gasteiger partial charge on any atom is -0.494 e. The van der Waals surface area contributed by atoms with Crippen LogP contribution in [0.2, 0.25) is 0 Å². The van der Waals surface area contributed by atoms with Crippen molar-refractivity contribution in [3.63, 3.8) is 0 Å². The van der Waals surface area contributed by atoms with Gasteiger partial charge in [0, 0.05) is 13.7 Å². The minimum atomic E-state index is -3.55. The fourth-order valence-corrected chi connectivity index (χ4v) is 3.16. The van der Waals surface area contributed by atoms with Crippen LogP contribution < -0.4 is 9.46 Å². The van der Waals surface area contributed by atoms with Crippen molar-refractivity contribution in [1.29, 1.82) is 0 Å². The van der Waals surface area contributed by atoms with E-state index < -0.39 is 10.0 Å². The van der Waals surface area contributed by atoms with Crippen LogP contribution in [0.4, 0.5) is 0 Å². The predicted molar refractivity (Wildman–Crippen MR) is 88.8 cm³/mol. The van der Waals surface area contributed by atoms with Crippen LogP contribution in [0.5, 0.6) is 5.75 Å². The lowest BCUT2D eigenvalue weighted by Gasteiger charge is -2.09. The lowest BCUT2D eigenvalue weighted by atomic mass is 10.1. The summed E-state index contributed by atoms with van der Waals surface area (Å²) in [5.41, 5.74) is 1.89. The first-order chi connectivity index (χ1) is 11.0. The predicted octanol–water partition coefficient (Wildman–Crippen LogP) is 2.71. The summed E-state index contributed by atoms with van der Waals surface area (Å²) < 4.78 is 37.6. The molecule has 23 heavy (non-hydrogen) atoms. The third-order valence-electron chi connectivity index (χ3n) is 3.21. The molecule has 5 nitrogen and oxygen atoms in total. The Hall–Kier alpha value is -1.89. The number of nitrogens with one attached hydrogen (secondary N) is 1. The Labute approximate surface area is 137 Å². The standard InChI is InChI=1S/C17H21NO4S/c1-3-22-16-7-9-17(10-8-16)23(19,20)18-12-14-5-4-6-15(11-14)13-21-2/h4-11,18H,3,12-13H2,1-2H3. The Morgan fingerprint density at radius 1 is 1.04 bits per heavy atom. The van der Waals surface area contributed by atoms with Crippen LogP contribution in [-0.2, 0) is 27.9 Å². The van der Waals surface area contributed by atoms with Gasteiger partial charge >= 0.3 is 0 Å². The molecule has 0 radical (unpaired) electrons. The first kappa shape index (κ1) is 17.5. The molecule has 124 valence electrons. The molecule has 0 atom stereocenters. The van der Waals surface area contributed by atoms with Crippen LogP contribution in [0.3, 0.4) is 0 Å². The summed E-state index contributed by atoms with van der Waals surface area (Å²) in [5.74, 6) is 0.652. The van der Waals surface area contributed by atoms with E-state index in [1.165, 1.54) is 12.1 Å². The summed E-state index contributed by atoms with van der Waals surface area (Å²) in [4.78, 5) is 0.217. The Morgan fingerprint density at radius 3 is 2.39 bits per heavy atom. The molecule has 1 N–H and O–H groups in total. The molecule has 0 aliphatic carbocycles. The number of hydrogen-bond acceptors (Lipinski definition) is 4. The van der Waals surface area contributed by atoms with Crippen molar-refractivity contribution in [2.24, 2.45) is 0 Å². The molecule has 0 amide bonds. The third kappa shape index (κ3) is 5.06. The highest BCUT2D eigenvalue weighted by molar-refractivity contribution is 7.89. The Balaban J connectivity index is 2.04. The quantitative estimate of drug-likeness (QED) is 0.805. The molecule has 0 saturated carbocycles. The monoisotopic (exact) mass is 335 g/mol. The van der Waals surface area contributed by atoms with Crippen LogP contribution in [0.15, 0.2) is 53.4 Å². The molecule has 0 aliphatic rings. The Bertz CT molecular complexity index is 727. The highest BCUT2D eigenvalue weighted by Crippen LogP contribution is 2.16. The zero-order chi connectivity index (χ0) is 16.7. The van der Waals surface area contributed by atoms with Crippen LogP contribution in [-0.4, -0.2) is 22.1 Å². The van der Waals surface area contributed by atoms with Crippen molar-refractivity contribution in [2.45, 2.75) is 25.0 Å². The van der Waals surface area contributed by atoms with Gasteiger partial charge in [-0.05, 0) is 42.3 Å². The lowest BCUT2D eigenvalue weighted by molar-refractivity contribution is 0.185. The van der Waals surface area contributed by atoms with Gasteiger partial charge < -0.3 is 9.47 Å². The summed E-state index contributed by atoms with van der Waals surface area (Å²) in [6.45, 7) is 3.15. The van der Waals surface area contributed by atoms with Gasteiger partial charge in [-0.3, -0.25) is 0 Å². The molecule has 0 saturated heterocycles. The zero-order valence-corrected chi connectivity index (χ0v) is 14.1. The van der Waals surface area contributed by atoms with Crippen molar-refractivity contribution in [3.8, 4) is 5.75 Å². The van der Waals surface area contributed by atoms with Crippen molar-refractivity contribution < 1.29 is 17.9 Å². The first-order valence-corrected chi connectivity index (χ1v) is 8.82. The molecule has 2 aromatic carbocycles. The molecule has 2 aromatic rings. The Morgan fingerprint density at radius 2 is 1.74 bits per heavy atom. The molecule has 2 rings (SSSR count). The summed E-state index contributed by atoms with van der Waals surface area (Å²) in [6.07, 6.45) is 0. The molecule has 0 heterocycles. The highest BCUT2D eigenvalue weighted by atomic mass is 32.2.